The fraction of sp³-hybridized carbons (Fsp3) is 0.0870. The molecule has 164 valence electrons. The summed E-state index contributed by atoms with van der Waals surface area (Å²) in [5.74, 6) is -1.15. The summed E-state index contributed by atoms with van der Waals surface area (Å²) in [4.78, 5) is 20.2. The van der Waals surface area contributed by atoms with Crippen LogP contribution < -0.4 is 5.73 Å². The number of benzene rings is 2. The molecule has 0 radical (unpaired) electrons. The molecule has 10 heteroatoms. The molecule has 0 aliphatic heterocycles. The summed E-state index contributed by atoms with van der Waals surface area (Å²) < 4.78 is 42.0. The maximum atomic E-state index is 13.5. The van der Waals surface area contributed by atoms with E-state index in [-0.39, 0.29) is 11.3 Å². The summed E-state index contributed by atoms with van der Waals surface area (Å²) in [6.07, 6.45) is -3.02. The molecule has 3 aromatic heterocycles. The van der Waals surface area contributed by atoms with Crippen molar-refractivity contribution < 1.29 is 18.0 Å². The van der Waals surface area contributed by atoms with Gasteiger partial charge in [0.1, 0.15) is 5.52 Å². The van der Waals surface area contributed by atoms with Gasteiger partial charge >= 0.3 is 6.18 Å². The molecule has 0 saturated heterocycles. The Balaban J connectivity index is 1.55. The highest BCUT2D eigenvalue weighted by atomic mass is 19.4. The average molecular weight is 448 g/mol. The van der Waals surface area contributed by atoms with Gasteiger partial charge in [0.2, 0.25) is 5.91 Å². The van der Waals surface area contributed by atoms with Crippen molar-refractivity contribution in [2.24, 2.45) is 5.73 Å². The molecule has 5 rings (SSSR count). The van der Waals surface area contributed by atoms with Crippen LogP contribution in [0.4, 0.5) is 13.2 Å². The quantitative estimate of drug-likeness (QED) is 0.444. The summed E-state index contributed by atoms with van der Waals surface area (Å²) in [6.45, 7) is 0.367. The minimum atomic E-state index is -4.74. The topological polar surface area (TPSA) is 99.6 Å². The lowest BCUT2D eigenvalue weighted by Gasteiger charge is -2.12. The lowest BCUT2D eigenvalue weighted by molar-refractivity contribution is -0.137. The van der Waals surface area contributed by atoms with E-state index in [1.807, 2.05) is 30.3 Å². The van der Waals surface area contributed by atoms with Crippen LogP contribution in [0.3, 0.4) is 0 Å². The van der Waals surface area contributed by atoms with Gasteiger partial charge in [0, 0.05) is 17.1 Å². The molecule has 0 aliphatic carbocycles. The smallest absolute Gasteiger partial charge is 0.366 e. The number of nitrogens with zero attached hydrogens (tertiary/aromatic N) is 5. The Bertz CT molecular complexity index is 1530. The van der Waals surface area contributed by atoms with Crippen molar-refractivity contribution in [1.29, 1.82) is 0 Å². The lowest BCUT2D eigenvalue weighted by Crippen LogP contribution is -2.18. The maximum Gasteiger partial charge on any atom is 0.417 e. The number of primary amides is 1. The zero-order valence-corrected chi connectivity index (χ0v) is 16.9. The molecule has 0 spiro atoms. The number of halogens is 3. The summed E-state index contributed by atoms with van der Waals surface area (Å²) >= 11 is 0. The van der Waals surface area contributed by atoms with E-state index in [0.29, 0.717) is 17.7 Å². The average Bonchev–Trinajstić information content (AvgIpc) is 3.20. The Morgan fingerprint density at radius 2 is 1.82 bits per heavy atom. The first-order valence-corrected chi connectivity index (χ1v) is 9.85. The van der Waals surface area contributed by atoms with Gasteiger partial charge in [-0.2, -0.15) is 13.2 Å². The van der Waals surface area contributed by atoms with Crippen LogP contribution in [0.2, 0.25) is 0 Å². The molecule has 0 unspecified atom stereocenters. The first-order chi connectivity index (χ1) is 15.8. The van der Waals surface area contributed by atoms with Crippen molar-refractivity contribution >= 4 is 28.0 Å². The van der Waals surface area contributed by atoms with E-state index >= 15 is 0 Å². The number of hydrogen-bond donors (Lipinski definition) is 1. The highest BCUT2D eigenvalue weighted by Crippen LogP contribution is 2.35. The van der Waals surface area contributed by atoms with Crippen molar-refractivity contribution in [3.63, 3.8) is 0 Å². The van der Waals surface area contributed by atoms with Gasteiger partial charge in [0.05, 0.1) is 28.9 Å². The molecule has 0 saturated carbocycles. The van der Waals surface area contributed by atoms with E-state index in [2.05, 4.69) is 20.3 Å². The number of carbonyl (C=O) groups excluding carboxylic acids is 1. The SMILES string of the molecule is NC(=O)c1ccc(-c2ccc3nnn(Cc4ccc5ncccc5c4)c3n2)cc1C(F)(F)F. The Hall–Kier alpha value is -4.34. The summed E-state index contributed by atoms with van der Waals surface area (Å²) in [6, 6.07) is 16.1. The highest BCUT2D eigenvalue weighted by molar-refractivity contribution is 5.95. The van der Waals surface area contributed by atoms with Crippen LogP contribution in [-0.4, -0.2) is 30.9 Å². The van der Waals surface area contributed by atoms with Crippen molar-refractivity contribution in [2.75, 3.05) is 0 Å². The lowest BCUT2D eigenvalue weighted by atomic mass is 10.0. The molecule has 3 heterocycles. The zero-order chi connectivity index (χ0) is 23.2. The van der Waals surface area contributed by atoms with Gasteiger partial charge in [0.15, 0.2) is 5.65 Å². The molecule has 2 aromatic carbocycles. The van der Waals surface area contributed by atoms with Gasteiger partial charge in [-0.15, -0.1) is 5.10 Å². The van der Waals surface area contributed by atoms with Crippen LogP contribution in [0.15, 0.2) is 66.9 Å². The minimum Gasteiger partial charge on any atom is -0.366 e. The molecule has 0 bridgehead atoms. The van der Waals surface area contributed by atoms with Gasteiger partial charge in [-0.25, -0.2) is 9.67 Å². The number of rotatable bonds is 4. The maximum absolute atomic E-state index is 13.5. The third-order valence-corrected chi connectivity index (χ3v) is 5.25. The second-order valence-electron chi connectivity index (χ2n) is 7.44. The Labute approximate surface area is 184 Å². The van der Waals surface area contributed by atoms with E-state index in [0.717, 1.165) is 28.6 Å². The first-order valence-electron chi connectivity index (χ1n) is 9.85. The standard InChI is InChI=1S/C23H15F3N6O/c24-23(25,26)17-11-15(4-5-16(17)21(27)33)19-7-8-20-22(29-19)32(31-30-20)12-13-3-6-18-14(10-13)2-1-9-28-18/h1-11H,12H2,(H2,27,33). The molecule has 7 nitrogen and oxygen atoms in total. The number of aromatic nitrogens is 5. The van der Waals surface area contributed by atoms with Crippen molar-refractivity contribution in [2.45, 2.75) is 12.7 Å². The Morgan fingerprint density at radius 1 is 1.00 bits per heavy atom. The Morgan fingerprint density at radius 3 is 2.61 bits per heavy atom. The number of fused-ring (bicyclic) bond motifs is 2. The number of amides is 1. The molecular weight excluding hydrogens is 433 g/mol. The normalized spacial score (nSPS) is 11.8. The molecule has 0 fully saturated rings. The number of nitrogens with two attached hydrogens (primary N) is 1. The van der Waals surface area contributed by atoms with E-state index < -0.39 is 23.2 Å². The van der Waals surface area contributed by atoms with E-state index in [9.17, 15) is 18.0 Å². The molecule has 1 amide bonds. The van der Waals surface area contributed by atoms with E-state index in [1.165, 1.54) is 6.07 Å². The third-order valence-electron chi connectivity index (χ3n) is 5.25. The Kier molecular flexibility index (Phi) is 4.77. The van der Waals surface area contributed by atoms with Gasteiger partial charge < -0.3 is 5.73 Å². The van der Waals surface area contributed by atoms with Crippen molar-refractivity contribution in [3.05, 3.63) is 83.6 Å². The van der Waals surface area contributed by atoms with Crippen LogP contribution in [0.5, 0.6) is 0 Å². The van der Waals surface area contributed by atoms with Gasteiger partial charge in [-0.05, 0) is 48.0 Å². The molecule has 5 aromatic rings. The number of pyridine rings is 2. The van der Waals surface area contributed by atoms with Crippen LogP contribution in [0.1, 0.15) is 21.5 Å². The van der Waals surface area contributed by atoms with Crippen LogP contribution in [-0.2, 0) is 12.7 Å². The molecule has 0 aliphatic rings. The third kappa shape index (κ3) is 3.86. The zero-order valence-electron chi connectivity index (χ0n) is 16.9. The summed E-state index contributed by atoms with van der Waals surface area (Å²) in [7, 11) is 0. The monoisotopic (exact) mass is 448 g/mol. The van der Waals surface area contributed by atoms with E-state index in [4.69, 9.17) is 5.73 Å². The highest BCUT2D eigenvalue weighted by Gasteiger charge is 2.35. The number of alkyl halides is 3. The fourth-order valence-corrected chi connectivity index (χ4v) is 3.67. The summed E-state index contributed by atoms with van der Waals surface area (Å²) in [5.41, 5.74) is 6.63. The van der Waals surface area contributed by atoms with Gasteiger partial charge in [-0.3, -0.25) is 9.78 Å². The van der Waals surface area contributed by atoms with Crippen LogP contribution >= 0.6 is 0 Å². The number of hydrogen-bond acceptors (Lipinski definition) is 5. The van der Waals surface area contributed by atoms with Gasteiger partial charge in [-0.1, -0.05) is 23.4 Å². The number of carbonyl (C=O) groups is 1. The predicted octanol–water partition coefficient (Wildman–Crippen LogP) is 4.21. The second kappa shape index (κ2) is 7.66. The fourth-order valence-electron chi connectivity index (χ4n) is 3.67. The van der Waals surface area contributed by atoms with Crippen molar-refractivity contribution in [1.82, 2.24) is 25.0 Å². The molecule has 0 atom stereocenters. The minimum absolute atomic E-state index is 0.193. The van der Waals surface area contributed by atoms with Crippen molar-refractivity contribution in [3.8, 4) is 11.3 Å². The second-order valence-corrected chi connectivity index (χ2v) is 7.44. The largest absolute Gasteiger partial charge is 0.417 e. The summed E-state index contributed by atoms with van der Waals surface area (Å²) in [5, 5.41) is 9.22. The molecular formula is C23H15F3N6O. The van der Waals surface area contributed by atoms with Crippen LogP contribution in [0, 0.1) is 0 Å². The predicted molar refractivity (Wildman–Crippen MR) is 115 cm³/mol. The molecule has 2 N–H and O–H groups in total. The van der Waals surface area contributed by atoms with Crippen LogP contribution in [0.25, 0.3) is 33.3 Å². The van der Waals surface area contributed by atoms with Gasteiger partial charge in [0.25, 0.3) is 0 Å². The molecule has 33 heavy (non-hydrogen) atoms. The first kappa shape index (κ1) is 20.6. The van der Waals surface area contributed by atoms with E-state index in [1.54, 1.807) is 23.0 Å².